The van der Waals surface area contributed by atoms with Crippen molar-refractivity contribution in [2.24, 2.45) is 0 Å². The monoisotopic (exact) mass is 394 g/mol. The van der Waals surface area contributed by atoms with Gasteiger partial charge in [0.2, 0.25) is 0 Å². The summed E-state index contributed by atoms with van der Waals surface area (Å²) >= 11 is 6.28. The molecular formula is C21H19ClN4O2. The van der Waals surface area contributed by atoms with Crippen LogP contribution < -0.4 is 5.32 Å². The van der Waals surface area contributed by atoms with Crippen LogP contribution >= 0.6 is 11.6 Å². The Bertz CT molecular complexity index is 1160. The Labute approximate surface area is 167 Å². The van der Waals surface area contributed by atoms with Gasteiger partial charge in [-0.2, -0.15) is 5.10 Å². The number of aromatic nitrogens is 3. The summed E-state index contributed by atoms with van der Waals surface area (Å²) in [6.07, 6.45) is 3.24. The molecule has 28 heavy (non-hydrogen) atoms. The fraction of sp³-hybridized carbons (Fsp3) is 0.190. The van der Waals surface area contributed by atoms with E-state index in [1.807, 2.05) is 39.0 Å². The van der Waals surface area contributed by atoms with Crippen LogP contribution in [0.4, 0.5) is 5.69 Å². The summed E-state index contributed by atoms with van der Waals surface area (Å²) in [5, 5.41) is 8.46. The van der Waals surface area contributed by atoms with Crippen molar-refractivity contribution in [1.82, 2.24) is 14.8 Å². The van der Waals surface area contributed by atoms with Crippen LogP contribution in [0.5, 0.6) is 0 Å². The van der Waals surface area contributed by atoms with Gasteiger partial charge in [0.05, 0.1) is 34.1 Å². The number of benzene rings is 1. The highest BCUT2D eigenvalue weighted by atomic mass is 35.5. The quantitative estimate of drug-likeness (QED) is 0.497. The minimum absolute atomic E-state index is 0.0966. The average Bonchev–Trinajstić information content (AvgIpc) is 3.32. The standard InChI is InChI=1S/C21H19ClN4O2/c1-12(2)26-20-15(11-23-26)14(10-18(24-20)19-5-4-8-28-19)21(27)25-17-7-6-13(3)9-16(17)22/h4-12H,1-3H3,(H,25,27). The minimum Gasteiger partial charge on any atom is -0.463 e. The van der Waals surface area contributed by atoms with E-state index in [0.717, 1.165) is 5.56 Å². The Hall–Kier alpha value is -3.12. The number of halogens is 1. The molecule has 3 heterocycles. The molecule has 0 aliphatic carbocycles. The Kier molecular flexibility index (Phi) is 4.65. The number of carbonyl (C=O) groups excluding carboxylic acids is 1. The molecule has 0 spiro atoms. The van der Waals surface area contributed by atoms with Gasteiger partial charge in [0.15, 0.2) is 11.4 Å². The Balaban J connectivity index is 1.83. The Morgan fingerprint density at radius 3 is 2.75 bits per heavy atom. The van der Waals surface area contributed by atoms with Gasteiger partial charge in [-0.15, -0.1) is 0 Å². The first kappa shape index (κ1) is 18.3. The van der Waals surface area contributed by atoms with Crippen LogP contribution in [0.2, 0.25) is 5.02 Å². The highest BCUT2D eigenvalue weighted by Gasteiger charge is 2.20. The van der Waals surface area contributed by atoms with Crippen LogP contribution in [0.15, 0.2) is 53.3 Å². The van der Waals surface area contributed by atoms with Gasteiger partial charge in [-0.25, -0.2) is 9.67 Å². The van der Waals surface area contributed by atoms with Crippen LogP contribution in [-0.4, -0.2) is 20.7 Å². The largest absolute Gasteiger partial charge is 0.463 e. The number of amides is 1. The molecule has 3 aromatic heterocycles. The fourth-order valence-electron chi connectivity index (χ4n) is 3.05. The summed E-state index contributed by atoms with van der Waals surface area (Å²) in [6, 6.07) is 10.9. The van der Waals surface area contributed by atoms with E-state index in [1.165, 1.54) is 0 Å². The molecule has 0 aliphatic rings. The molecule has 1 N–H and O–H groups in total. The SMILES string of the molecule is Cc1ccc(NC(=O)c2cc(-c3ccco3)nc3c2cnn3C(C)C)c(Cl)c1. The molecule has 1 aromatic carbocycles. The lowest BCUT2D eigenvalue weighted by Gasteiger charge is -2.11. The molecule has 1 amide bonds. The number of carbonyl (C=O) groups is 1. The number of nitrogens with zero attached hydrogens (tertiary/aromatic N) is 3. The number of hydrogen-bond acceptors (Lipinski definition) is 4. The number of fused-ring (bicyclic) bond motifs is 1. The number of pyridine rings is 1. The molecule has 4 rings (SSSR count). The van der Waals surface area contributed by atoms with Crippen LogP contribution in [0.1, 0.15) is 35.8 Å². The molecule has 7 heteroatoms. The highest BCUT2D eigenvalue weighted by Crippen LogP contribution is 2.28. The van der Waals surface area contributed by atoms with Crippen molar-refractivity contribution in [1.29, 1.82) is 0 Å². The zero-order valence-electron chi connectivity index (χ0n) is 15.7. The first-order valence-electron chi connectivity index (χ1n) is 8.93. The molecule has 0 saturated carbocycles. The van der Waals surface area contributed by atoms with E-state index in [0.29, 0.717) is 38.8 Å². The third-order valence-corrected chi connectivity index (χ3v) is 4.76. The molecule has 0 radical (unpaired) electrons. The number of rotatable bonds is 4. The third-order valence-electron chi connectivity index (χ3n) is 4.45. The lowest BCUT2D eigenvalue weighted by atomic mass is 10.1. The maximum absolute atomic E-state index is 13.1. The van der Waals surface area contributed by atoms with Gasteiger partial charge in [0.1, 0.15) is 5.69 Å². The van der Waals surface area contributed by atoms with Crippen LogP contribution in [-0.2, 0) is 0 Å². The lowest BCUT2D eigenvalue weighted by Crippen LogP contribution is -2.13. The van der Waals surface area contributed by atoms with Gasteiger partial charge >= 0.3 is 0 Å². The molecule has 0 unspecified atom stereocenters. The van der Waals surface area contributed by atoms with Gasteiger partial charge in [-0.3, -0.25) is 4.79 Å². The van der Waals surface area contributed by atoms with Crippen molar-refractivity contribution < 1.29 is 9.21 Å². The molecule has 6 nitrogen and oxygen atoms in total. The number of aryl methyl sites for hydroxylation is 1. The molecular weight excluding hydrogens is 376 g/mol. The molecule has 142 valence electrons. The first-order valence-corrected chi connectivity index (χ1v) is 9.31. The van der Waals surface area contributed by atoms with Gasteiger partial charge in [-0.05, 0) is 56.7 Å². The van der Waals surface area contributed by atoms with Gasteiger partial charge in [0, 0.05) is 6.04 Å². The van der Waals surface area contributed by atoms with Crippen LogP contribution in [0.25, 0.3) is 22.5 Å². The van der Waals surface area contributed by atoms with E-state index < -0.39 is 0 Å². The maximum atomic E-state index is 13.1. The van der Waals surface area contributed by atoms with Crippen molar-refractivity contribution in [3.63, 3.8) is 0 Å². The van der Waals surface area contributed by atoms with E-state index >= 15 is 0 Å². The highest BCUT2D eigenvalue weighted by molar-refractivity contribution is 6.34. The summed E-state index contributed by atoms with van der Waals surface area (Å²) in [5.74, 6) is 0.301. The number of furan rings is 1. The van der Waals surface area contributed by atoms with E-state index in [-0.39, 0.29) is 11.9 Å². The zero-order chi connectivity index (χ0) is 19.8. The zero-order valence-corrected chi connectivity index (χ0v) is 16.5. The molecule has 4 aromatic rings. The van der Waals surface area contributed by atoms with Crippen molar-refractivity contribution in [3.05, 3.63) is 65.0 Å². The van der Waals surface area contributed by atoms with Gasteiger partial charge < -0.3 is 9.73 Å². The van der Waals surface area contributed by atoms with Crippen molar-refractivity contribution in [2.45, 2.75) is 26.8 Å². The first-order chi connectivity index (χ1) is 13.4. The summed E-state index contributed by atoms with van der Waals surface area (Å²) in [7, 11) is 0. The van der Waals surface area contributed by atoms with Gasteiger partial charge in [0.25, 0.3) is 5.91 Å². The number of hydrogen-bond donors (Lipinski definition) is 1. The normalized spacial score (nSPS) is 11.3. The Morgan fingerprint density at radius 1 is 1.25 bits per heavy atom. The molecule has 0 saturated heterocycles. The smallest absolute Gasteiger partial charge is 0.256 e. The van der Waals surface area contributed by atoms with Crippen molar-refractivity contribution in [3.8, 4) is 11.5 Å². The maximum Gasteiger partial charge on any atom is 0.256 e. The fourth-order valence-corrected chi connectivity index (χ4v) is 3.33. The second kappa shape index (κ2) is 7.13. The van der Waals surface area contributed by atoms with Crippen LogP contribution in [0, 0.1) is 6.92 Å². The molecule has 0 atom stereocenters. The van der Waals surface area contributed by atoms with E-state index in [2.05, 4.69) is 15.4 Å². The van der Waals surface area contributed by atoms with Gasteiger partial charge in [-0.1, -0.05) is 17.7 Å². The van der Waals surface area contributed by atoms with E-state index in [1.54, 1.807) is 35.3 Å². The van der Waals surface area contributed by atoms with Crippen molar-refractivity contribution >= 4 is 34.2 Å². The Morgan fingerprint density at radius 2 is 2.07 bits per heavy atom. The number of nitrogens with one attached hydrogen (secondary N) is 1. The summed E-state index contributed by atoms with van der Waals surface area (Å²) in [6.45, 7) is 5.97. The summed E-state index contributed by atoms with van der Waals surface area (Å²) in [4.78, 5) is 17.8. The lowest BCUT2D eigenvalue weighted by molar-refractivity contribution is 0.102. The average molecular weight is 395 g/mol. The predicted molar refractivity (Wildman–Crippen MR) is 110 cm³/mol. The molecule has 0 aliphatic heterocycles. The second-order valence-electron chi connectivity index (χ2n) is 6.89. The molecule has 0 fully saturated rings. The van der Waals surface area contributed by atoms with E-state index in [9.17, 15) is 4.79 Å². The second-order valence-corrected chi connectivity index (χ2v) is 7.30. The predicted octanol–water partition coefficient (Wildman–Crippen LogP) is 5.49. The molecule has 0 bridgehead atoms. The topological polar surface area (TPSA) is 73.0 Å². The summed E-state index contributed by atoms with van der Waals surface area (Å²) in [5.41, 5.74) is 3.23. The van der Waals surface area contributed by atoms with Crippen molar-refractivity contribution in [2.75, 3.05) is 5.32 Å². The summed E-state index contributed by atoms with van der Waals surface area (Å²) < 4.78 is 7.27. The minimum atomic E-state index is -0.283. The van der Waals surface area contributed by atoms with E-state index in [4.69, 9.17) is 16.0 Å². The van der Waals surface area contributed by atoms with Crippen LogP contribution in [0.3, 0.4) is 0 Å². The number of anilines is 1. The third kappa shape index (κ3) is 3.27.